The summed E-state index contributed by atoms with van der Waals surface area (Å²) in [7, 11) is 3.49. The summed E-state index contributed by atoms with van der Waals surface area (Å²) in [4.78, 5) is 19.2. The Bertz CT molecular complexity index is 1130. The molecular weight excluding hydrogens is 372 g/mol. The first-order valence-electron chi connectivity index (χ1n) is 8.91. The number of rotatable bonds is 4. The van der Waals surface area contributed by atoms with Crippen LogP contribution in [0.25, 0.3) is 22.3 Å². The molecule has 2 aromatic heterocycles. The molecule has 0 saturated heterocycles. The van der Waals surface area contributed by atoms with Gasteiger partial charge >= 0.3 is 0 Å². The van der Waals surface area contributed by atoms with E-state index in [0.717, 1.165) is 22.2 Å². The predicted octanol–water partition coefficient (Wildman–Crippen LogP) is 4.50. The summed E-state index contributed by atoms with van der Waals surface area (Å²) < 4.78 is 1.82. The van der Waals surface area contributed by atoms with Crippen molar-refractivity contribution in [2.75, 3.05) is 14.1 Å². The van der Waals surface area contributed by atoms with E-state index in [1.807, 2.05) is 65.3 Å². The third-order valence-corrected chi connectivity index (χ3v) is 4.81. The van der Waals surface area contributed by atoms with E-state index in [1.165, 1.54) is 0 Å². The van der Waals surface area contributed by atoms with Gasteiger partial charge in [-0.3, -0.25) is 4.79 Å². The van der Waals surface area contributed by atoms with E-state index in [2.05, 4.69) is 5.10 Å². The number of pyridine rings is 1. The van der Waals surface area contributed by atoms with Gasteiger partial charge in [0, 0.05) is 24.7 Å². The molecule has 28 heavy (non-hydrogen) atoms. The fourth-order valence-corrected chi connectivity index (χ4v) is 3.23. The number of amides is 1. The summed E-state index contributed by atoms with van der Waals surface area (Å²) in [5.41, 5.74) is 4.03. The van der Waals surface area contributed by atoms with E-state index in [0.29, 0.717) is 22.8 Å². The number of fused-ring (bicyclic) bond motifs is 1. The predicted molar refractivity (Wildman–Crippen MR) is 112 cm³/mol. The van der Waals surface area contributed by atoms with E-state index < -0.39 is 0 Å². The molecule has 2 heterocycles. The second-order valence-corrected chi connectivity index (χ2v) is 7.22. The van der Waals surface area contributed by atoms with Crippen LogP contribution in [0.15, 0.2) is 66.9 Å². The Morgan fingerprint density at radius 1 is 1.07 bits per heavy atom. The van der Waals surface area contributed by atoms with E-state index in [1.54, 1.807) is 25.2 Å². The summed E-state index contributed by atoms with van der Waals surface area (Å²) in [6.45, 7) is 0.543. The second-order valence-electron chi connectivity index (χ2n) is 6.79. The standard InChI is InChI=1S/C22H19ClN4O/c1-26(2)22(28)18-12-20(16-6-4-3-5-7-16)25-21-19(18)13-24-27(21)14-15-8-10-17(23)11-9-15/h3-13H,14H2,1-2H3. The van der Waals surface area contributed by atoms with Crippen molar-refractivity contribution in [3.05, 3.63) is 83.0 Å². The number of benzene rings is 2. The fourth-order valence-electron chi connectivity index (χ4n) is 3.10. The van der Waals surface area contributed by atoms with Gasteiger partial charge in [0.2, 0.25) is 0 Å². The lowest BCUT2D eigenvalue weighted by Crippen LogP contribution is -2.22. The van der Waals surface area contributed by atoms with Gasteiger partial charge in [0.25, 0.3) is 5.91 Å². The maximum atomic E-state index is 12.8. The molecule has 0 saturated carbocycles. The van der Waals surface area contributed by atoms with Gasteiger partial charge in [-0.15, -0.1) is 0 Å². The van der Waals surface area contributed by atoms with Gasteiger partial charge in [-0.25, -0.2) is 9.67 Å². The highest BCUT2D eigenvalue weighted by Crippen LogP contribution is 2.26. The Hall–Kier alpha value is -3.18. The highest BCUT2D eigenvalue weighted by molar-refractivity contribution is 6.30. The zero-order valence-electron chi connectivity index (χ0n) is 15.6. The van der Waals surface area contributed by atoms with Crippen LogP contribution in [0.1, 0.15) is 15.9 Å². The maximum Gasteiger partial charge on any atom is 0.254 e. The number of carbonyl (C=O) groups is 1. The molecular formula is C22H19ClN4O. The van der Waals surface area contributed by atoms with Crippen molar-refractivity contribution in [2.45, 2.75) is 6.54 Å². The van der Waals surface area contributed by atoms with Crippen LogP contribution in [0.3, 0.4) is 0 Å². The Labute approximate surface area is 168 Å². The van der Waals surface area contributed by atoms with Gasteiger partial charge in [-0.2, -0.15) is 5.10 Å². The zero-order valence-corrected chi connectivity index (χ0v) is 16.4. The lowest BCUT2D eigenvalue weighted by Gasteiger charge is -2.13. The second kappa shape index (κ2) is 7.44. The Balaban J connectivity index is 1.87. The van der Waals surface area contributed by atoms with Gasteiger partial charge in [0.05, 0.1) is 29.4 Å². The smallest absolute Gasteiger partial charge is 0.254 e. The normalized spacial score (nSPS) is 11.0. The van der Waals surface area contributed by atoms with Crippen molar-refractivity contribution in [3.63, 3.8) is 0 Å². The van der Waals surface area contributed by atoms with Gasteiger partial charge in [-0.1, -0.05) is 54.1 Å². The number of hydrogen-bond donors (Lipinski definition) is 0. The van der Waals surface area contributed by atoms with E-state index in [-0.39, 0.29) is 5.91 Å². The quantitative estimate of drug-likeness (QED) is 0.515. The van der Waals surface area contributed by atoms with Crippen molar-refractivity contribution >= 4 is 28.5 Å². The first-order chi connectivity index (χ1) is 13.5. The van der Waals surface area contributed by atoms with Gasteiger partial charge in [0.15, 0.2) is 5.65 Å². The Kier molecular flexibility index (Phi) is 4.84. The van der Waals surface area contributed by atoms with Gasteiger partial charge in [0.1, 0.15) is 0 Å². The van der Waals surface area contributed by atoms with Crippen LogP contribution in [-0.4, -0.2) is 39.7 Å². The topological polar surface area (TPSA) is 51.0 Å². The molecule has 4 rings (SSSR count). The third kappa shape index (κ3) is 3.49. The maximum absolute atomic E-state index is 12.8. The van der Waals surface area contributed by atoms with Crippen molar-refractivity contribution in [2.24, 2.45) is 0 Å². The highest BCUT2D eigenvalue weighted by Gasteiger charge is 2.18. The summed E-state index contributed by atoms with van der Waals surface area (Å²) in [5.74, 6) is -0.0735. The van der Waals surface area contributed by atoms with Crippen LogP contribution in [0.2, 0.25) is 5.02 Å². The van der Waals surface area contributed by atoms with Crippen LogP contribution >= 0.6 is 11.6 Å². The van der Waals surface area contributed by atoms with Gasteiger partial charge < -0.3 is 4.90 Å². The molecule has 0 atom stereocenters. The first-order valence-corrected chi connectivity index (χ1v) is 9.29. The van der Waals surface area contributed by atoms with E-state index >= 15 is 0 Å². The minimum absolute atomic E-state index is 0.0735. The molecule has 0 radical (unpaired) electrons. The number of halogens is 1. The van der Waals surface area contributed by atoms with E-state index in [9.17, 15) is 4.79 Å². The molecule has 0 aliphatic carbocycles. The van der Waals surface area contributed by atoms with Crippen molar-refractivity contribution < 1.29 is 4.79 Å². The van der Waals surface area contributed by atoms with Crippen LogP contribution in [-0.2, 0) is 6.54 Å². The Morgan fingerprint density at radius 3 is 2.46 bits per heavy atom. The molecule has 0 fully saturated rings. The molecule has 4 aromatic rings. The lowest BCUT2D eigenvalue weighted by atomic mass is 10.1. The number of carbonyl (C=O) groups excluding carboxylic acids is 1. The number of aromatic nitrogens is 3. The first kappa shape index (κ1) is 18.2. The summed E-state index contributed by atoms with van der Waals surface area (Å²) >= 11 is 5.99. The monoisotopic (exact) mass is 390 g/mol. The molecule has 0 unspecified atom stereocenters. The van der Waals surface area contributed by atoms with Crippen LogP contribution in [0, 0.1) is 0 Å². The molecule has 2 aromatic carbocycles. The van der Waals surface area contributed by atoms with Crippen LogP contribution in [0.4, 0.5) is 0 Å². The lowest BCUT2D eigenvalue weighted by molar-refractivity contribution is 0.0829. The molecule has 0 spiro atoms. The molecule has 6 heteroatoms. The molecule has 1 amide bonds. The van der Waals surface area contributed by atoms with E-state index in [4.69, 9.17) is 16.6 Å². The van der Waals surface area contributed by atoms with Crippen LogP contribution < -0.4 is 0 Å². The average molecular weight is 391 g/mol. The number of nitrogens with zero attached hydrogens (tertiary/aromatic N) is 4. The fraction of sp³-hybridized carbons (Fsp3) is 0.136. The SMILES string of the molecule is CN(C)C(=O)c1cc(-c2ccccc2)nc2c1cnn2Cc1ccc(Cl)cc1. The third-order valence-electron chi connectivity index (χ3n) is 4.56. The minimum Gasteiger partial charge on any atom is -0.345 e. The largest absolute Gasteiger partial charge is 0.345 e. The number of hydrogen-bond acceptors (Lipinski definition) is 3. The summed E-state index contributed by atoms with van der Waals surface area (Å²) in [6.07, 6.45) is 1.71. The molecule has 5 nitrogen and oxygen atoms in total. The Morgan fingerprint density at radius 2 is 1.79 bits per heavy atom. The highest BCUT2D eigenvalue weighted by atomic mass is 35.5. The van der Waals surface area contributed by atoms with Gasteiger partial charge in [-0.05, 0) is 23.8 Å². The van der Waals surface area contributed by atoms with Crippen molar-refractivity contribution in [1.29, 1.82) is 0 Å². The van der Waals surface area contributed by atoms with Crippen LogP contribution in [0.5, 0.6) is 0 Å². The molecule has 0 aliphatic rings. The minimum atomic E-state index is -0.0735. The summed E-state index contributed by atoms with van der Waals surface area (Å²) in [6, 6.07) is 19.3. The molecule has 140 valence electrons. The average Bonchev–Trinajstić information content (AvgIpc) is 3.12. The molecule has 0 bridgehead atoms. The van der Waals surface area contributed by atoms with Crippen molar-refractivity contribution in [3.8, 4) is 11.3 Å². The zero-order chi connectivity index (χ0) is 19.7. The molecule has 0 N–H and O–H groups in total. The van der Waals surface area contributed by atoms with Crippen molar-refractivity contribution in [1.82, 2.24) is 19.7 Å². The summed E-state index contributed by atoms with van der Waals surface area (Å²) in [5, 5.41) is 5.94. The molecule has 0 aliphatic heterocycles.